The minimum Gasteiger partial charge on any atom is -0.438 e. The van der Waals surface area contributed by atoms with Crippen molar-refractivity contribution < 1.29 is 17.2 Å². The van der Waals surface area contributed by atoms with Crippen LogP contribution in [0.25, 0.3) is 44.9 Å². The molecule has 3 heterocycles. The van der Waals surface area contributed by atoms with Crippen molar-refractivity contribution in [1.82, 2.24) is 19.7 Å². The quantitative estimate of drug-likeness (QED) is 0.306. The maximum Gasteiger partial charge on any atom is 0.230 e. The van der Waals surface area contributed by atoms with Crippen LogP contribution in [0.1, 0.15) is 25.3 Å². The van der Waals surface area contributed by atoms with E-state index in [1.165, 1.54) is 24.7 Å². The Hall–Kier alpha value is -3.85. The smallest absolute Gasteiger partial charge is 0.230 e. The second-order valence-corrected chi connectivity index (χ2v) is 11.5. The van der Waals surface area contributed by atoms with Crippen LogP contribution < -0.4 is 0 Å². The van der Waals surface area contributed by atoms with Gasteiger partial charge in [-0.05, 0) is 49.6 Å². The van der Waals surface area contributed by atoms with Gasteiger partial charge in [-0.15, -0.1) is 0 Å². The van der Waals surface area contributed by atoms with Crippen molar-refractivity contribution in [2.75, 3.05) is 6.26 Å². The summed E-state index contributed by atoms with van der Waals surface area (Å²) in [6.07, 6.45) is 6.47. The zero-order valence-electron chi connectivity index (χ0n) is 19.5. The Morgan fingerprint density at radius 2 is 1.75 bits per heavy atom. The standard InChI is InChI=1S/C27H23FN4O3S/c1-36(33,34)21-12-11-20(13-21)32-15-23(25(31-32)18-7-9-19(28)10-8-18)26-22-14-24(17-5-3-2-4-6-17)35-27(22)30-16-29-26/h2-10,14-16,20-21H,11-13H2,1H3/t20?,21-/m1/s1. The van der Waals surface area contributed by atoms with Crippen molar-refractivity contribution >= 4 is 20.9 Å². The van der Waals surface area contributed by atoms with Gasteiger partial charge in [-0.3, -0.25) is 4.68 Å². The highest BCUT2D eigenvalue weighted by Crippen LogP contribution is 2.40. The normalized spacial score (nSPS) is 18.2. The molecule has 9 heteroatoms. The summed E-state index contributed by atoms with van der Waals surface area (Å²) in [5.74, 6) is 0.341. The van der Waals surface area contributed by atoms with Gasteiger partial charge in [0.15, 0.2) is 0 Å². The van der Waals surface area contributed by atoms with E-state index in [4.69, 9.17) is 9.52 Å². The highest BCUT2D eigenvalue weighted by atomic mass is 32.2. The van der Waals surface area contributed by atoms with Crippen molar-refractivity contribution in [1.29, 1.82) is 0 Å². The molecule has 1 unspecified atom stereocenters. The number of furan rings is 1. The van der Waals surface area contributed by atoms with Gasteiger partial charge in [-0.2, -0.15) is 5.10 Å². The molecule has 1 aliphatic carbocycles. The molecule has 0 N–H and O–H groups in total. The number of nitrogens with zero attached hydrogens (tertiary/aromatic N) is 4. The summed E-state index contributed by atoms with van der Waals surface area (Å²) in [7, 11) is -3.12. The van der Waals surface area contributed by atoms with E-state index in [-0.39, 0.29) is 17.1 Å². The average molecular weight is 503 g/mol. The molecule has 0 spiro atoms. The first-order valence-corrected chi connectivity index (χ1v) is 13.7. The molecule has 3 aromatic heterocycles. The van der Waals surface area contributed by atoms with E-state index in [1.54, 1.807) is 12.1 Å². The first-order chi connectivity index (χ1) is 17.4. The summed E-state index contributed by atoms with van der Waals surface area (Å²) in [5.41, 5.74) is 4.15. The van der Waals surface area contributed by atoms with E-state index >= 15 is 0 Å². The topological polar surface area (TPSA) is 90.9 Å². The predicted octanol–water partition coefficient (Wildman–Crippen LogP) is 5.70. The van der Waals surface area contributed by atoms with Gasteiger partial charge in [0.2, 0.25) is 5.71 Å². The predicted molar refractivity (Wildman–Crippen MR) is 135 cm³/mol. The molecule has 2 aromatic carbocycles. The fraction of sp³-hybridized carbons (Fsp3) is 0.222. The highest BCUT2D eigenvalue weighted by molar-refractivity contribution is 7.91. The summed E-state index contributed by atoms with van der Waals surface area (Å²) in [6.45, 7) is 0. The molecule has 2 atom stereocenters. The summed E-state index contributed by atoms with van der Waals surface area (Å²) in [5, 5.41) is 5.22. The Balaban J connectivity index is 1.49. The average Bonchev–Trinajstić information content (AvgIpc) is 3.62. The van der Waals surface area contributed by atoms with Crippen LogP contribution in [0.3, 0.4) is 0 Å². The van der Waals surface area contributed by atoms with Crippen LogP contribution in [-0.2, 0) is 9.84 Å². The molecule has 0 aliphatic heterocycles. The molecule has 182 valence electrons. The van der Waals surface area contributed by atoms with Crippen molar-refractivity contribution in [3.63, 3.8) is 0 Å². The number of halogens is 1. The molecule has 1 fully saturated rings. The third-order valence-electron chi connectivity index (χ3n) is 6.83. The monoisotopic (exact) mass is 502 g/mol. The lowest BCUT2D eigenvalue weighted by molar-refractivity contribution is 0.467. The lowest BCUT2D eigenvalue weighted by Gasteiger charge is -2.10. The van der Waals surface area contributed by atoms with Crippen molar-refractivity contribution in [3.05, 3.63) is 79.0 Å². The second kappa shape index (κ2) is 8.67. The summed E-state index contributed by atoms with van der Waals surface area (Å²) >= 11 is 0. The maximum absolute atomic E-state index is 13.7. The number of rotatable bonds is 5. The Kier molecular flexibility index (Phi) is 5.44. The van der Waals surface area contributed by atoms with E-state index in [9.17, 15) is 12.8 Å². The van der Waals surface area contributed by atoms with Crippen LogP contribution in [0.2, 0.25) is 0 Å². The van der Waals surface area contributed by atoms with E-state index in [0.717, 1.165) is 22.1 Å². The van der Waals surface area contributed by atoms with Crippen molar-refractivity contribution in [2.45, 2.75) is 30.6 Å². The molecule has 1 aliphatic rings. The Bertz CT molecular complexity index is 1660. The number of benzene rings is 2. The van der Waals surface area contributed by atoms with Gasteiger partial charge in [-0.1, -0.05) is 30.3 Å². The van der Waals surface area contributed by atoms with Gasteiger partial charge in [0.1, 0.15) is 33.4 Å². The number of sulfone groups is 1. The van der Waals surface area contributed by atoms with Gasteiger partial charge in [-0.25, -0.2) is 22.8 Å². The minimum absolute atomic E-state index is 0.0563. The Morgan fingerprint density at radius 3 is 2.47 bits per heavy atom. The first kappa shape index (κ1) is 22.6. The lowest BCUT2D eigenvalue weighted by atomic mass is 10.0. The molecule has 0 saturated heterocycles. The Morgan fingerprint density at radius 1 is 0.972 bits per heavy atom. The van der Waals surface area contributed by atoms with E-state index < -0.39 is 9.84 Å². The molecular formula is C27H23FN4O3S. The fourth-order valence-corrected chi connectivity index (χ4v) is 6.07. The van der Waals surface area contributed by atoms with E-state index in [1.807, 2.05) is 47.3 Å². The zero-order chi connectivity index (χ0) is 24.9. The third kappa shape index (κ3) is 4.09. The highest BCUT2D eigenvalue weighted by Gasteiger charge is 2.33. The molecule has 0 amide bonds. The van der Waals surface area contributed by atoms with Gasteiger partial charge in [0, 0.05) is 29.1 Å². The van der Waals surface area contributed by atoms with Crippen LogP contribution in [-0.4, -0.2) is 39.7 Å². The molecule has 6 rings (SSSR count). The first-order valence-electron chi connectivity index (χ1n) is 11.7. The molecule has 5 aromatic rings. The maximum atomic E-state index is 13.7. The van der Waals surface area contributed by atoms with Gasteiger partial charge < -0.3 is 4.42 Å². The Labute approximate surface area is 207 Å². The number of fused-ring (bicyclic) bond motifs is 1. The van der Waals surface area contributed by atoms with Crippen LogP contribution in [0.15, 0.2) is 77.6 Å². The fourth-order valence-electron chi connectivity index (χ4n) is 4.93. The van der Waals surface area contributed by atoms with Crippen LogP contribution in [0.4, 0.5) is 4.39 Å². The van der Waals surface area contributed by atoms with Crippen LogP contribution in [0.5, 0.6) is 0 Å². The largest absolute Gasteiger partial charge is 0.438 e. The lowest BCUT2D eigenvalue weighted by Crippen LogP contribution is -2.17. The number of hydrogen-bond acceptors (Lipinski definition) is 6. The van der Waals surface area contributed by atoms with E-state index in [0.29, 0.717) is 42.1 Å². The zero-order valence-corrected chi connectivity index (χ0v) is 20.3. The van der Waals surface area contributed by atoms with E-state index in [2.05, 4.69) is 9.97 Å². The summed E-state index contributed by atoms with van der Waals surface area (Å²) in [4.78, 5) is 8.92. The molecule has 0 radical (unpaired) electrons. The van der Waals surface area contributed by atoms with Crippen LogP contribution >= 0.6 is 0 Å². The van der Waals surface area contributed by atoms with Gasteiger partial charge in [0.25, 0.3) is 0 Å². The minimum atomic E-state index is -3.12. The number of hydrogen-bond donors (Lipinski definition) is 0. The third-order valence-corrected chi connectivity index (χ3v) is 8.47. The van der Waals surface area contributed by atoms with Crippen LogP contribution in [0, 0.1) is 5.82 Å². The molecule has 7 nitrogen and oxygen atoms in total. The SMILES string of the molecule is CS(=O)(=O)[C@@H]1CCC(n2cc(-c3ncnc4oc(-c5ccccc5)cc34)c(-c3ccc(F)cc3)n2)C1. The van der Waals surface area contributed by atoms with Crippen molar-refractivity contribution in [2.24, 2.45) is 0 Å². The summed E-state index contributed by atoms with van der Waals surface area (Å²) in [6, 6.07) is 17.8. The molecule has 0 bridgehead atoms. The van der Waals surface area contributed by atoms with Crippen molar-refractivity contribution in [3.8, 4) is 33.8 Å². The van der Waals surface area contributed by atoms with Gasteiger partial charge >= 0.3 is 0 Å². The molecule has 1 saturated carbocycles. The number of aromatic nitrogens is 4. The molecular weight excluding hydrogens is 479 g/mol. The second-order valence-electron chi connectivity index (χ2n) is 9.21. The summed E-state index contributed by atoms with van der Waals surface area (Å²) < 4.78 is 45.8. The molecule has 36 heavy (non-hydrogen) atoms. The van der Waals surface area contributed by atoms with Gasteiger partial charge in [0.05, 0.1) is 22.4 Å².